The average Bonchev–Trinajstić information content (AvgIpc) is 2.83. The van der Waals surface area contributed by atoms with Crippen molar-refractivity contribution in [3.8, 4) is 0 Å². The van der Waals surface area contributed by atoms with E-state index in [9.17, 15) is 9.59 Å². The Balaban J connectivity index is 2.35. The van der Waals surface area contributed by atoms with E-state index in [1.54, 1.807) is 31.3 Å². The SMILES string of the molecule is CNC(=O)c1ccc2c(c1)[nH]c1cccc(C(N)=O)c12. The van der Waals surface area contributed by atoms with Crippen LogP contribution in [0.25, 0.3) is 21.8 Å². The summed E-state index contributed by atoms with van der Waals surface area (Å²) in [6.07, 6.45) is 0. The van der Waals surface area contributed by atoms with Crippen LogP contribution in [0.2, 0.25) is 0 Å². The number of hydrogen-bond donors (Lipinski definition) is 3. The molecule has 0 saturated heterocycles. The predicted octanol–water partition coefficient (Wildman–Crippen LogP) is 1.78. The van der Waals surface area contributed by atoms with Gasteiger partial charge in [0.1, 0.15) is 0 Å². The number of nitrogens with one attached hydrogen (secondary N) is 2. The topological polar surface area (TPSA) is 88.0 Å². The van der Waals surface area contributed by atoms with Crippen molar-refractivity contribution in [2.24, 2.45) is 5.73 Å². The van der Waals surface area contributed by atoms with Crippen LogP contribution in [0.5, 0.6) is 0 Å². The second-order valence-electron chi connectivity index (χ2n) is 4.56. The Morgan fingerprint density at radius 2 is 1.95 bits per heavy atom. The molecule has 2 amide bonds. The zero-order valence-electron chi connectivity index (χ0n) is 10.9. The van der Waals surface area contributed by atoms with Crippen molar-refractivity contribution in [1.82, 2.24) is 10.3 Å². The number of fused-ring (bicyclic) bond motifs is 3. The first-order chi connectivity index (χ1) is 9.61. The largest absolute Gasteiger partial charge is 0.366 e. The fraction of sp³-hybridized carbons (Fsp3) is 0.0667. The highest BCUT2D eigenvalue weighted by Gasteiger charge is 2.13. The Hall–Kier alpha value is -2.82. The van der Waals surface area contributed by atoms with E-state index in [4.69, 9.17) is 5.73 Å². The number of hydrogen-bond acceptors (Lipinski definition) is 2. The van der Waals surface area contributed by atoms with Crippen molar-refractivity contribution in [2.45, 2.75) is 0 Å². The summed E-state index contributed by atoms with van der Waals surface area (Å²) >= 11 is 0. The number of nitrogens with two attached hydrogens (primary N) is 1. The molecule has 0 fully saturated rings. The van der Waals surface area contributed by atoms with Gasteiger partial charge in [-0.25, -0.2) is 0 Å². The molecule has 0 spiro atoms. The lowest BCUT2D eigenvalue weighted by Crippen LogP contribution is -2.17. The molecule has 1 heterocycles. The van der Waals surface area contributed by atoms with Crippen molar-refractivity contribution < 1.29 is 9.59 Å². The van der Waals surface area contributed by atoms with Gasteiger partial charge in [-0.15, -0.1) is 0 Å². The molecule has 3 rings (SSSR count). The monoisotopic (exact) mass is 267 g/mol. The molecule has 0 saturated carbocycles. The van der Waals surface area contributed by atoms with Gasteiger partial charge in [-0.3, -0.25) is 9.59 Å². The van der Waals surface area contributed by atoms with Gasteiger partial charge in [-0.1, -0.05) is 12.1 Å². The van der Waals surface area contributed by atoms with Gasteiger partial charge >= 0.3 is 0 Å². The molecular weight excluding hydrogens is 254 g/mol. The standard InChI is InChI=1S/C15H13N3O2/c1-17-15(20)8-5-6-9-12(7-8)18-11-4-2-3-10(13(9)11)14(16)19/h2-7,18H,1H3,(H2,16,19)(H,17,20). The first-order valence-corrected chi connectivity index (χ1v) is 6.18. The molecule has 100 valence electrons. The highest BCUT2D eigenvalue weighted by Crippen LogP contribution is 2.28. The van der Waals surface area contributed by atoms with Crippen LogP contribution in [0.4, 0.5) is 0 Å². The first-order valence-electron chi connectivity index (χ1n) is 6.18. The third-order valence-electron chi connectivity index (χ3n) is 3.38. The van der Waals surface area contributed by atoms with E-state index in [0.29, 0.717) is 11.1 Å². The molecule has 20 heavy (non-hydrogen) atoms. The van der Waals surface area contributed by atoms with E-state index < -0.39 is 5.91 Å². The van der Waals surface area contributed by atoms with Crippen molar-refractivity contribution in [1.29, 1.82) is 0 Å². The summed E-state index contributed by atoms with van der Waals surface area (Å²) in [6, 6.07) is 10.7. The highest BCUT2D eigenvalue weighted by atomic mass is 16.1. The molecule has 5 heteroatoms. The number of aromatic amines is 1. The summed E-state index contributed by atoms with van der Waals surface area (Å²) in [5.74, 6) is -0.618. The number of benzene rings is 2. The number of aromatic nitrogens is 1. The summed E-state index contributed by atoms with van der Waals surface area (Å²) in [7, 11) is 1.59. The van der Waals surface area contributed by atoms with E-state index in [2.05, 4.69) is 10.3 Å². The maximum Gasteiger partial charge on any atom is 0.251 e. The van der Waals surface area contributed by atoms with Crippen molar-refractivity contribution in [3.63, 3.8) is 0 Å². The highest BCUT2D eigenvalue weighted by molar-refractivity contribution is 6.18. The predicted molar refractivity (Wildman–Crippen MR) is 77.7 cm³/mol. The molecule has 0 radical (unpaired) electrons. The van der Waals surface area contributed by atoms with Gasteiger partial charge in [0.15, 0.2) is 0 Å². The second kappa shape index (κ2) is 4.38. The minimum Gasteiger partial charge on any atom is -0.366 e. The number of carbonyl (C=O) groups is 2. The number of amides is 2. The summed E-state index contributed by atoms with van der Waals surface area (Å²) in [6.45, 7) is 0. The van der Waals surface area contributed by atoms with Gasteiger partial charge < -0.3 is 16.0 Å². The fourth-order valence-electron chi connectivity index (χ4n) is 2.45. The van der Waals surface area contributed by atoms with Crippen LogP contribution in [0.3, 0.4) is 0 Å². The lowest BCUT2D eigenvalue weighted by Gasteiger charge is -2.00. The van der Waals surface area contributed by atoms with E-state index in [0.717, 1.165) is 21.8 Å². The average molecular weight is 267 g/mol. The number of primary amides is 1. The van der Waals surface area contributed by atoms with E-state index in [-0.39, 0.29) is 5.91 Å². The van der Waals surface area contributed by atoms with E-state index in [1.807, 2.05) is 12.1 Å². The molecule has 0 bridgehead atoms. The summed E-state index contributed by atoms with van der Waals surface area (Å²) in [5, 5.41) is 4.25. The fourth-order valence-corrected chi connectivity index (χ4v) is 2.45. The van der Waals surface area contributed by atoms with Crippen molar-refractivity contribution in [3.05, 3.63) is 47.5 Å². The zero-order valence-corrected chi connectivity index (χ0v) is 10.9. The quantitative estimate of drug-likeness (QED) is 0.660. The maximum atomic E-state index is 11.6. The lowest BCUT2D eigenvalue weighted by molar-refractivity contribution is 0.0961. The Morgan fingerprint density at radius 1 is 1.15 bits per heavy atom. The molecule has 0 aliphatic rings. The molecule has 0 unspecified atom stereocenters. The summed E-state index contributed by atoms with van der Waals surface area (Å²) < 4.78 is 0. The van der Waals surface area contributed by atoms with E-state index >= 15 is 0 Å². The third kappa shape index (κ3) is 1.72. The molecule has 0 atom stereocenters. The third-order valence-corrected chi connectivity index (χ3v) is 3.38. The molecule has 3 aromatic rings. The molecule has 1 aromatic heterocycles. The van der Waals surface area contributed by atoms with Crippen molar-refractivity contribution in [2.75, 3.05) is 7.05 Å². The van der Waals surface area contributed by atoms with Gasteiger partial charge in [-0.05, 0) is 24.3 Å². The van der Waals surface area contributed by atoms with Crippen LogP contribution in [0.15, 0.2) is 36.4 Å². The zero-order chi connectivity index (χ0) is 14.3. The summed E-state index contributed by atoms with van der Waals surface area (Å²) in [5.41, 5.74) is 8.07. The van der Waals surface area contributed by atoms with Crippen LogP contribution in [-0.2, 0) is 0 Å². The first kappa shape index (κ1) is 12.2. The number of H-pyrrole nitrogens is 1. The molecule has 4 N–H and O–H groups in total. The van der Waals surface area contributed by atoms with E-state index in [1.165, 1.54) is 0 Å². The Labute approximate surface area is 114 Å². The Bertz CT molecular complexity index is 849. The van der Waals surface area contributed by atoms with Gasteiger partial charge in [0.2, 0.25) is 5.91 Å². The lowest BCUT2D eigenvalue weighted by atomic mass is 10.0. The molecule has 5 nitrogen and oxygen atoms in total. The van der Waals surface area contributed by atoms with Crippen LogP contribution in [0.1, 0.15) is 20.7 Å². The molecule has 0 aliphatic heterocycles. The summed E-state index contributed by atoms with van der Waals surface area (Å²) in [4.78, 5) is 26.4. The van der Waals surface area contributed by atoms with Gasteiger partial charge in [0.05, 0.1) is 0 Å². The molecule has 2 aromatic carbocycles. The van der Waals surface area contributed by atoms with Crippen LogP contribution in [-0.4, -0.2) is 23.8 Å². The maximum absolute atomic E-state index is 11.6. The minimum atomic E-state index is -0.466. The Kier molecular flexibility index (Phi) is 2.68. The van der Waals surface area contributed by atoms with Gasteiger partial charge in [0.25, 0.3) is 5.91 Å². The molecule has 0 aliphatic carbocycles. The van der Waals surface area contributed by atoms with Crippen molar-refractivity contribution >= 4 is 33.6 Å². The normalized spacial score (nSPS) is 10.8. The van der Waals surface area contributed by atoms with Crippen LogP contribution < -0.4 is 11.1 Å². The Morgan fingerprint density at radius 3 is 2.65 bits per heavy atom. The van der Waals surface area contributed by atoms with Gasteiger partial charge in [0, 0.05) is 40.0 Å². The molecular formula is C15H13N3O2. The smallest absolute Gasteiger partial charge is 0.251 e. The van der Waals surface area contributed by atoms with Crippen LogP contribution in [0, 0.1) is 0 Å². The number of carbonyl (C=O) groups excluding carboxylic acids is 2. The number of rotatable bonds is 2. The second-order valence-corrected chi connectivity index (χ2v) is 4.56. The van der Waals surface area contributed by atoms with Crippen LogP contribution >= 0.6 is 0 Å². The minimum absolute atomic E-state index is 0.152. The van der Waals surface area contributed by atoms with Gasteiger partial charge in [-0.2, -0.15) is 0 Å².